The lowest BCUT2D eigenvalue weighted by atomic mass is 9.87. The molecule has 4 rings (SSSR count). The molecule has 1 N–H and O–H groups in total. The highest BCUT2D eigenvalue weighted by Gasteiger charge is 2.15. The lowest BCUT2D eigenvalue weighted by Gasteiger charge is -2.19. The highest BCUT2D eigenvalue weighted by Crippen LogP contribution is 2.31. The Balaban J connectivity index is 1.73. The van der Waals surface area contributed by atoms with Crippen LogP contribution < -0.4 is 5.32 Å². The number of anilines is 2. The molecule has 0 bridgehead atoms. The number of hydrogen-bond acceptors (Lipinski definition) is 3. The first kappa shape index (κ1) is 17.3. The minimum atomic E-state index is 0.144. The second-order valence-electron chi connectivity index (χ2n) is 7.87. The number of nitrogens with zero attached hydrogens (tertiary/aromatic N) is 3. The number of benzene rings is 2. The fourth-order valence-electron chi connectivity index (χ4n) is 3.31. The van der Waals surface area contributed by atoms with Crippen molar-refractivity contribution in [2.24, 2.45) is 7.05 Å². The summed E-state index contributed by atoms with van der Waals surface area (Å²) in [7, 11) is 2.04. The number of hydrogen-bond donors (Lipinski definition) is 1. The standard InChI is InChI=1S/C23H24N4/c1-23(2,3)17-10-12-18(13-11-17)26-21-19-14-20(16-8-6-5-7-9-16)27(4)22(19)25-15-24-21/h5-15H,1-4H3,(H,24,25,26). The van der Waals surface area contributed by atoms with E-state index in [-0.39, 0.29) is 5.41 Å². The van der Waals surface area contributed by atoms with Gasteiger partial charge in [-0.25, -0.2) is 9.97 Å². The number of aryl methyl sites for hydroxylation is 1. The SMILES string of the molecule is Cn1c(-c2ccccc2)cc2c(Nc3ccc(C(C)(C)C)cc3)ncnc21. The molecule has 0 spiro atoms. The van der Waals surface area contributed by atoms with Gasteiger partial charge in [0.25, 0.3) is 0 Å². The molecule has 0 radical (unpaired) electrons. The first-order valence-electron chi connectivity index (χ1n) is 9.17. The maximum absolute atomic E-state index is 4.49. The van der Waals surface area contributed by atoms with Crippen LogP contribution in [-0.2, 0) is 12.5 Å². The summed E-state index contributed by atoms with van der Waals surface area (Å²) in [4.78, 5) is 8.97. The fourth-order valence-corrected chi connectivity index (χ4v) is 3.31. The van der Waals surface area contributed by atoms with Gasteiger partial charge in [-0.2, -0.15) is 0 Å². The maximum Gasteiger partial charge on any atom is 0.145 e. The molecule has 136 valence electrons. The Labute approximate surface area is 159 Å². The third kappa shape index (κ3) is 3.31. The average molecular weight is 356 g/mol. The molecule has 0 atom stereocenters. The topological polar surface area (TPSA) is 42.7 Å². The molecule has 0 aliphatic carbocycles. The summed E-state index contributed by atoms with van der Waals surface area (Å²) in [5.74, 6) is 0.821. The molecule has 4 nitrogen and oxygen atoms in total. The molecule has 0 fully saturated rings. The van der Waals surface area contributed by atoms with Crippen molar-refractivity contribution >= 4 is 22.5 Å². The monoisotopic (exact) mass is 356 g/mol. The van der Waals surface area contributed by atoms with Crippen LogP contribution in [0.1, 0.15) is 26.3 Å². The van der Waals surface area contributed by atoms with Crippen LogP contribution in [-0.4, -0.2) is 14.5 Å². The molecule has 27 heavy (non-hydrogen) atoms. The van der Waals surface area contributed by atoms with E-state index in [1.54, 1.807) is 6.33 Å². The number of fused-ring (bicyclic) bond motifs is 1. The Morgan fingerprint density at radius 2 is 1.59 bits per heavy atom. The van der Waals surface area contributed by atoms with E-state index in [0.717, 1.165) is 28.2 Å². The van der Waals surface area contributed by atoms with Gasteiger partial charge in [-0.3, -0.25) is 0 Å². The van der Waals surface area contributed by atoms with Crippen LogP contribution in [0.3, 0.4) is 0 Å². The Morgan fingerprint density at radius 3 is 2.26 bits per heavy atom. The molecule has 0 saturated carbocycles. The quantitative estimate of drug-likeness (QED) is 0.514. The normalized spacial score (nSPS) is 11.7. The van der Waals surface area contributed by atoms with Crippen molar-refractivity contribution in [2.45, 2.75) is 26.2 Å². The van der Waals surface area contributed by atoms with Crippen LogP contribution in [0.5, 0.6) is 0 Å². The summed E-state index contributed by atoms with van der Waals surface area (Å²) in [6, 6.07) is 21.0. The first-order chi connectivity index (χ1) is 12.9. The van der Waals surface area contributed by atoms with E-state index in [4.69, 9.17) is 0 Å². The van der Waals surface area contributed by atoms with Gasteiger partial charge in [0.2, 0.25) is 0 Å². The summed E-state index contributed by atoms with van der Waals surface area (Å²) >= 11 is 0. The van der Waals surface area contributed by atoms with E-state index < -0.39 is 0 Å². The highest BCUT2D eigenvalue weighted by atomic mass is 15.1. The minimum Gasteiger partial charge on any atom is -0.340 e. The minimum absolute atomic E-state index is 0.144. The molecule has 2 heterocycles. The molecular weight excluding hydrogens is 332 g/mol. The van der Waals surface area contributed by atoms with Gasteiger partial charge >= 0.3 is 0 Å². The second kappa shape index (κ2) is 6.54. The first-order valence-corrected chi connectivity index (χ1v) is 9.17. The molecule has 2 aromatic carbocycles. The summed E-state index contributed by atoms with van der Waals surface area (Å²) in [5, 5.41) is 4.47. The fraction of sp³-hybridized carbons (Fsp3) is 0.217. The molecule has 0 aliphatic rings. The third-order valence-corrected chi connectivity index (χ3v) is 4.91. The van der Waals surface area contributed by atoms with Gasteiger partial charge in [-0.1, -0.05) is 63.2 Å². The molecule has 0 aliphatic heterocycles. The van der Waals surface area contributed by atoms with Gasteiger partial charge in [0, 0.05) is 12.7 Å². The maximum atomic E-state index is 4.49. The van der Waals surface area contributed by atoms with E-state index in [2.05, 4.69) is 95.2 Å². The molecule has 2 aromatic heterocycles. The summed E-state index contributed by atoms with van der Waals surface area (Å²) < 4.78 is 2.11. The molecule has 0 amide bonds. The zero-order valence-electron chi connectivity index (χ0n) is 16.2. The van der Waals surface area contributed by atoms with Gasteiger partial charge in [0.05, 0.1) is 11.1 Å². The smallest absolute Gasteiger partial charge is 0.145 e. The zero-order valence-corrected chi connectivity index (χ0v) is 16.2. The summed E-state index contributed by atoms with van der Waals surface area (Å²) in [6.07, 6.45) is 1.61. The van der Waals surface area contributed by atoms with E-state index in [1.807, 2.05) is 13.1 Å². The van der Waals surface area contributed by atoms with E-state index >= 15 is 0 Å². The van der Waals surface area contributed by atoms with Gasteiger partial charge in [-0.15, -0.1) is 0 Å². The van der Waals surface area contributed by atoms with Crippen molar-refractivity contribution in [3.05, 3.63) is 72.6 Å². The largest absolute Gasteiger partial charge is 0.340 e. The zero-order chi connectivity index (χ0) is 19.0. The van der Waals surface area contributed by atoms with E-state index in [1.165, 1.54) is 11.1 Å². The van der Waals surface area contributed by atoms with Crippen molar-refractivity contribution < 1.29 is 0 Å². The lowest BCUT2D eigenvalue weighted by molar-refractivity contribution is 0.590. The molecule has 4 heteroatoms. The molecule has 0 saturated heterocycles. The van der Waals surface area contributed by atoms with Gasteiger partial charge in [0.1, 0.15) is 17.8 Å². The van der Waals surface area contributed by atoms with Crippen molar-refractivity contribution in [1.82, 2.24) is 14.5 Å². The van der Waals surface area contributed by atoms with Crippen molar-refractivity contribution in [2.75, 3.05) is 5.32 Å². The van der Waals surface area contributed by atoms with Crippen molar-refractivity contribution in [3.8, 4) is 11.3 Å². The molecular formula is C23H24N4. The predicted molar refractivity (Wildman–Crippen MR) is 112 cm³/mol. The molecule has 4 aromatic rings. The van der Waals surface area contributed by atoms with Crippen molar-refractivity contribution in [1.29, 1.82) is 0 Å². The Kier molecular flexibility index (Phi) is 4.19. The van der Waals surface area contributed by atoms with E-state index in [0.29, 0.717) is 0 Å². The van der Waals surface area contributed by atoms with Gasteiger partial charge in [0.15, 0.2) is 0 Å². The summed E-state index contributed by atoms with van der Waals surface area (Å²) in [6.45, 7) is 6.66. The number of rotatable bonds is 3. The Morgan fingerprint density at radius 1 is 0.889 bits per heavy atom. The van der Waals surface area contributed by atoms with Crippen molar-refractivity contribution in [3.63, 3.8) is 0 Å². The van der Waals surface area contributed by atoms with Crippen LogP contribution in [0.4, 0.5) is 11.5 Å². The van der Waals surface area contributed by atoms with Crippen LogP contribution >= 0.6 is 0 Å². The Bertz CT molecular complexity index is 1070. The predicted octanol–water partition coefficient (Wildman–Crippen LogP) is 5.68. The third-order valence-electron chi connectivity index (χ3n) is 4.91. The van der Waals surface area contributed by atoms with Crippen LogP contribution in [0, 0.1) is 0 Å². The van der Waals surface area contributed by atoms with Crippen LogP contribution in [0.15, 0.2) is 67.0 Å². The summed E-state index contributed by atoms with van der Waals surface area (Å²) in [5.41, 5.74) is 5.68. The van der Waals surface area contributed by atoms with Crippen LogP contribution in [0.25, 0.3) is 22.3 Å². The van der Waals surface area contributed by atoms with Gasteiger partial charge < -0.3 is 9.88 Å². The van der Waals surface area contributed by atoms with Gasteiger partial charge in [-0.05, 0) is 34.7 Å². The number of nitrogens with one attached hydrogen (secondary N) is 1. The number of aromatic nitrogens is 3. The van der Waals surface area contributed by atoms with Crippen LogP contribution in [0.2, 0.25) is 0 Å². The average Bonchev–Trinajstić information content (AvgIpc) is 3.00. The van der Waals surface area contributed by atoms with E-state index in [9.17, 15) is 0 Å². The lowest BCUT2D eigenvalue weighted by Crippen LogP contribution is -2.10. The Hall–Kier alpha value is -3.14. The molecule has 0 unspecified atom stereocenters. The second-order valence-corrected chi connectivity index (χ2v) is 7.87. The highest BCUT2D eigenvalue weighted by molar-refractivity contribution is 5.93.